The van der Waals surface area contributed by atoms with Gasteiger partial charge >= 0.3 is 5.97 Å². The molecule has 1 atom stereocenters. The fourth-order valence-electron chi connectivity index (χ4n) is 5.18. The van der Waals surface area contributed by atoms with Crippen LogP contribution >= 0.6 is 11.3 Å². The third kappa shape index (κ3) is 16.5. The molecule has 0 fully saturated rings. The summed E-state index contributed by atoms with van der Waals surface area (Å²) in [5.41, 5.74) is 2.35. The van der Waals surface area contributed by atoms with Crippen molar-refractivity contribution < 1.29 is 19.0 Å². The number of benzene rings is 2. The highest BCUT2D eigenvalue weighted by atomic mass is 32.1. The maximum Gasteiger partial charge on any atom is 0.338 e. The molecular weight excluding hydrogens is 607 g/mol. The Hall–Kier alpha value is -3.10. The summed E-state index contributed by atoms with van der Waals surface area (Å²) in [6.07, 6.45) is 22.1. The van der Waals surface area contributed by atoms with Gasteiger partial charge in [-0.2, -0.15) is 0 Å². The van der Waals surface area contributed by atoms with E-state index in [-0.39, 0.29) is 18.7 Å². The first-order valence-electron chi connectivity index (χ1n) is 18.1. The maximum absolute atomic E-state index is 12.5. The highest BCUT2D eigenvalue weighted by molar-refractivity contribution is 7.18. The van der Waals surface area contributed by atoms with Crippen LogP contribution in [0.25, 0.3) is 10.6 Å². The van der Waals surface area contributed by atoms with Gasteiger partial charge in [-0.25, -0.2) is 9.79 Å². The SMILES string of the molecule is CCCCCCCCCCOc1ccc(-c2nnc(/N=C/c3ccc(C(=O)OC[C@H](C)OCCCCCCCCCC)cc3)s2)cc1. The first-order valence-corrected chi connectivity index (χ1v) is 18.9. The Bertz CT molecular complexity index is 1260. The minimum atomic E-state index is -0.352. The van der Waals surface area contributed by atoms with Crippen LogP contribution in [0.2, 0.25) is 0 Å². The van der Waals surface area contributed by atoms with Crippen molar-refractivity contribution in [3.05, 3.63) is 59.7 Å². The van der Waals surface area contributed by atoms with E-state index in [0.29, 0.717) is 17.3 Å². The van der Waals surface area contributed by atoms with Gasteiger partial charge in [0.2, 0.25) is 5.13 Å². The zero-order chi connectivity index (χ0) is 33.4. The number of carbonyl (C=O) groups excluding carboxylic acids is 1. The molecule has 1 aromatic heterocycles. The molecule has 0 aliphatic heterocycles. The van der Waals surface area contributed by atoms with E-state index in [1.165, 1.54) is 101 Å². The molecule has 0 saturated carbocycles. The van der Waals surface area contributed by atoms with Crippen LogP contribution in [0.4, 0.5) is 5.13 Å². The molecule has 7 nitrogen and oxygen atoms in total. The van der Waals surface area contributed by atoms with E-state index in [2.05, 4.69) is 29.0 Å². The van der Waals surface area contributed by atoms with Crippen molar-refractivity contribution in [3.63, 3.8) is 0 Å². The van der Waals surface area contributed by atoms with Gasteiger partial charge in [-0.05, 0) is 61.7 Å². The summed E-state index contributed by atoms with van der Waals surface area (Å²) in [5, 5.41) is 9.91. The third-order valence-electron chi connectivity index (χ3n) is 8.10. The van der Waals surface area contributed by atoms with E-state index in [1.807, 2.05) is 43.3 Å². The molecule has 8 heteroatoms. The zero-order valence-corrected chi connectivity index (χ0v) is 29.9. The fraction of sp³-hybridized carbons (Fsp3) is 0.590. The van der Waals surface area contributed by atoms with E-state index < -0.39 is 0 Å². The van der Waals surface area contributed by atoms with Gasteiger partial charge in [-0.1, -0.05) is 127 Å². The average Bonchev–Trinajstić information content (AvgIpc) is 3.58. The lowest BCUT2D eigenvalue weighted by atomic mass is 10.1. The number of ether oxygens (including phenoxy) is 3. The van der Waals surface area contributed by atoms with E-state index in [4.69, 9.17) is 14.2 Å². The summed E-state index contributed by atoms with van der Waals surface area (Å²) in [4.78, 5) is 17.0. The first-order chi connectivity index (χ1) is 23.1. The zero-order valence-electron chi connectivity index (χ0n) is 29.1. The van der Waals surface area contributed by atoms with Crippen molar-refractivity contribution in [1.82, 2.24) is 10.2 Å². The highest BCUT2D eigenvalue weighted by Gasteiger charge is 2.11. The Morgan fingerprint density at radius 2 is 1.32 bits per heavy atom. The van der Waals surface area contributed by atoms with Crippen LogP contribution in [0.1, 0.15) is 139 Å². The molecule has 0 N–H and O–H groups in total. The van der Waals surface area contributed by atoms with Gasteiger partial charge < -0.3 is 14.2 Å². The van der Waals surface area contributed by atoms with Crippen LogP contribution in [0, 0.1) is 0 Å². The monoisotopic (exact) mass is 663 g/mol. The standard InChI is InChI=1S/C39H57N3O4S/c1-4-6-8-10-12-14-16-18-28-44-32(3)31-46-38(43)35-22-20-33(21-23-35)30-40-39-42-41-37(47-39)34-24-26-36(27-25-34)45-29-19-17-15-13-11-9-7-5-2/h20-27,30,32H,4-19,28-29,31H2,1-3H3/b40-30+/t32-/m0/s1. The molecule has 258 valence electrons. The van der Waals surface area contributed by atoms with Crippen molar-refractivity contribution in [2.24, 2.45) is 4.99 Å². The number of esters is 1. The molecule has 47 heavy (non-hydrogen) atoms. The quantitative estimate of drug-likeness (QED) is 0.0483. The molecule has 1 heterocycles. The van der Waals surface area contributed by atoms with Gasteiger partial charge in [0.1, 0.15) is 17.4 Å². The minimum Gasteiger partial charge on any atom is -0.494 e. The summed E-state index contributed by atoms with van der Waals surface area (Å²) in [6, 6.07) is 15.2. The van der Waals surface area contributed by atoms with Crippen LogP contribution in [-0.4, -0.2) is 48.3 Å². The minimum absolute atomic E-state index is 0.123. The summed E-state index contributed by atoms with van der Waals surface area (Å²) in [6.45, 7) is 8.15. The Balaban J connectivity index is 1.31. The van der Waals surface area contributed by atoms with E-state index in [0.717, 1.165) is 41.3 Å². The Morgan fingerprint density at radius 3 is 1.94 bits per heavy atom. The third-order valence-corrected chi connectivity index (χ3v) is 8.98. The first kappa shape index (κ1) is 38.3. The van der Waals surface area contributed by atoms with Gasteiger partial charge in [-0.3, -0.25) is 0 Å². The van der Waals surface area contributed by atoms with Crippen molar-refractivity contribution in [1.29, 1.82) is 0 Å². The molecule has 0 radical (unpaired) electrons. The van der Waals surface area contributed by atoms with Crippen molar-refractivity contribution >= 4 is 28.7 Å². The van der Waals surface area contributed by atoms with Gasteiger partial charge in [-0.15, -0.1) is 10.2 Å². The van der Waals surface area contributed by atoms with E-state index >= 15 is 0 Å². The Kier molecular flexibility index (Phi) is 19.7. The van der Waals surface area contributed by atoms with Gasteiger partial charge in [0, 0.05) is 18.4 Å². The predicted octanol–water partition coefficient (Wildman–Crippen LogP) is 11.2. The lowest BCUT2D eigenvalue weighted by Crippen LogP contribution is -2.19. The summed E-state index contributed by atoms with van der Waals surface area (Å²) in [5.74, 6) is 0.526. The fourth-order valence-corrected chi connectivity index (χ4v) is 5.88. The Morgan fingerprint density at radius 1 is 0.745 bits per heavy atom. The maximum atomic E-state index is 12.5. The van der Waals surface area contributed by atoms with Crippen LogP contribution in [0.3, 0.4) is 0 Å². The largest absolute Gasteiger partial charge is 0.494 e. The average molecular weight is 664 g/mol. The molecule has 0 saturated heterocycles. The number of rotatable bonds is 26. The topological polar surface area (TPSA) is 82.9 Å². The highest BCUT2D eigenvalue weighted by Crippen LogP contribution is 2.29. The number of hydrogen-bond acceptors (Lipinski definition) is 8. The smallest absolute Gasteiger partial charge is 0.338 e. The molecule has 0 amide bonds. The normalized spacial score (nSPS) is 12.1. The lowest BCUT2D eigenvalue weighted by molar-refractivity contribution is -0.00141. The second kappa shape index (κ2) is 24.1. The lowest BCUT2D eigenvalue weighted by Gasteiger charge is -2.13. The number of unbranched alkanes of at least 4 members (excludes halogenated alkanes) is 14. The second-order valence-electron chi connectivity index (χ2n) is 12.4. The predicted molar refractivity (Wildman–Crippen MR) is 195 cm³/mol. The van der Waals surface area contributed by atoms with Gasteiger partial charge in [0.15, 0.2) is 0 Å². The number of hydrogen-bond donors (Lipinski definition) is 0. The van der Waals surface area contributed by atoms with E-state index in [9.17, 15) is 4.79 Å². The van der Waals surface area contributed by atoms with Crippen molar-refractivity contribution in [2.45, 2.75) is 130 Å². The van der Waals surface area contributed by atoms with Crippen molar-refractivity contribution in [3.8, 4) is 16.3 Å². The van der Waals surface area contributed by atoms with Crippen molar-refractivity contribution in [2.75, 3.05) is 19.8 Å². The molecule has 2 aromatic carbocycles. The molecule has 0 unspecified atom stereocenters. The molecule has 0 aliphatic rings. The van der Waals surface area contributed by atoms with Crippen LogP contribution in [0.15, 0.2) is 53.5 Å². The molecule has 3 aromatic rings. The number of carbonyl (C=O) groups is 1. The van der Waals surface area contributed by atoms with Crippen LogP contribution in [0.5, 0.6) is 5.75 Å². The number of nitrogens with zero attached hydrogens (tertiary/aromatic N) is 3. The van der Waals surface area contributed by atoms with E-state index in [1.54, 1.807) is 18.3 Å². The van der Waals surface area contributed by atoms with Gasteiger partial charge in [0.05, 0.1) is 18.3 Å². The Labute approximate surface area is 287 Å². The molecule has 0 spiro atoms. The number of aliphatic imine (C=N–C) groups is 1. The van der Waals surface area contributed by atoms with Gasteiger partial charge in [0.25, 0.3) is 0 Å². The molecule has 0 bridgehead atoms. The van der Waals surface area contributed by atoms with Crippen LogP contribution < -0.4 is 4.74 Å². The molecule has 3 rings (SSSR count). The summed E-state index contributed by atoms with van der Waals surface area (Å²) in [7, 11) is 0. The summed E-state index contributed by atoms with van der Waals surface area (Å²) < 4.78 is 17.2. The molecule has 0 aliphatic carbocycles. The van der Waals surface area contributed by atoms with Crippen LogP contribution in [-0.2, 0) is 9.47 Å². The summed E-state index contributed by atoms with van der Waals surface area (Å²) >= 11 is 1.43. The second-order valence-corrected chi connectivity index (χ2v) is 13.3. The molecular formula is C39H57N3O4S. The number of aromatic nitrogens is 2.